The van der Waals surface area contributed by atoms with E-state index in [1.54, 1.807) is 13.8 Å². The van der Waals surface area contributed by atoms with E-state index in [1.807, 2.05) is 26.1 Å². The first kappa shape index (κ1) is 53.8. The zero-order chi connectivity index (χ0) is 46.2. The number of ether oxygens (including phenoxy) is 2. The Morgan fingerprint density at radius 3 is 2.15 bits per heavy atom. The molecule has 0 saturated carbocycles. The summed E-state index contributed by atoms with van der Waals surface area (Å²) in [7, 11) is -3.71. The number of hydrogen-bond donors (Lipinski definition) is 3. The van der Waals surface area contributed by atoms with Crippen LogP contribution in [0, 0.1) is 18.2 Å². The predicted octanol–water partition coefficient (Wildman–Crippen LogP) is 5.62. The Balaban J connectivity index is 0.000000460. The number of alkyl halides is 3. The maximum atomic E-state index is 13.0. The van der Waals surface area contributed by atoms with Crippen molar-refractivity contribution in [2.24, 2.45) is 0 Å². The standard InChI is InChI=1S/C15H14Cl2N2O3.C14H13F4N3O2S.C3H8NO5P.C3H9S/c1-5-6-21-12-8-11(9(16)7-10(12)17)19-14(20)22-13(18-19)15(2,3)4;1-8(2)21(10-5-3-9(15)4-6-10)11(22)7-23-13-20-19-12(24-13)14(16,17)18;5-3(6)1-4-2-10(7,8)9;1-4(2)3/h1,7-8H,6H2,2-4H3;3-6,8H,7H2,1-2H3;4H,1-2H2,(H,5,6)(H2,7,8,9);1-3H3/q;;;+1/p-1. The summed E-state index contributed by atoms with van der Waals surface area (Å²) in [6, 6.07) is 7.98. The number of hydrogen-bond acceptors (Lipinski definition) is 13. The van der Waals surface area contributed by atoms with E-state index in [9.17, 15) is 41.4 Å². The van der Waals surface area contributed by atoms with Gasteiger partial charge in [0.2, 0.25) is 10.9 Å². The fraction of sp³-hybridized carbons (Fsp3) is 0.429. The molecule has 0 radical (unpaired) electrons. The lowest BCUT2D eigenvalue weighted by Gasteiger charge is -2.26. The van der Waals surface area contributed by atoms with Gasteiger partial charge in [-0.25, -0.2) is 9.18 Å². The summed E-state index contributed by atoms with van der Waals surface area (Å²) in [6.07, 6.45) is 6.42. The average molecular weight is 950 g/mol. The smallest absolute Gasteiger partial charge is 0.445 e. The number of anilines is 1. The Hall–Kier alpha value is -4.20. The van der Waals surface area contributed by atoms with Crippen LogP contribution in [0.2, 0.25) is 10.0 Å². The maximum Gasteiger partial charge on any atom is 0.445 e. The quantitative estimate of drug-likeness (QED) is 0.0680. The van der Waals surface area contributed by atoms with Crippen molar-refractivity contribution in [1.82, 2.24) is 25.3 Å². The average Bonchev–Trinajstić information content (AvgIpc) is 3.75. The number of carboxylic acids is 1. The number of carbonyl (C=O) groups excluding carboxylic acids is 1. The van der Waals surface area contributed by atoms with Crippen LogP contribution in [0.15, 0.2) is 45.6 Å². The second-order valence-corrected chi connectivity index (χ2v) is 19.2. The van der Waals surface area contributed by atoms with E-state index in [2.05, 4.69) is 40.0 Å². The monoisotopic (exact) mass is 948 g/mol. The largest absolute Gasteiger partial charge is 0.778 e. The molecule has 2 aromatic carbocycles. The summed E-state index contributed by atoms with van der Waals surface area (Å²) >= 11 is 12.4. The summed E-state index contributed by atoms with van der Waals surface area (Å²) in [5.41, 5.74) is 0.349. The summed E-state index contributed by atoms with van der Waals surface area (Å²) in [4.78, 5) is 53.4. The van der Waals surface area contributed by atoms with Crippen molar-refractivity contribution >= 4 is 70.6 Å². The Labute approximate surface area is 359 Å². The van der Waals surface area contributed by atoms with Crippen LogP contribution in [0.4, 0.5) is 23.2 Å². The second-order valence-electron chi connectivity index (χ2n) is 13.4. The molecule has 0 aliphatic rings. The third-order valence-corrected chi connectivity index (χ3v) is 8.28. The van der Waals surface area contributed by atoms with Crippen LogP contribution in [0.1, 0.15) is 45.5 Å². The van der Waals surface area contributed by atoms with Gasteiger partial charge < -0.3 is 38.2 Å². The topological polar surface area (TPSA) is 222 Å². The van der Waals surface area contributed by atoms with Gasteiger partial charge in [0, 0.05) is 23.2 Å². The van der Waals surface area contributed by atoms with Crippen molar-refractivity contribution in [2.75, 3.05) is 49.7 Å². The maximum absolute atomic E-state index is 13.0. The number of aromatic nitrogens is 4. The van der Waals surface area contributed by atoms with Crippen molar-refractivity contribution in [2.45, 2.75) is 52.3 Å². The molecule has 1 atom stereocenters. The Bertz CT molecular complexity index is 2150. The summed E-state index contributed by atoms with van der Waals surface area (Å²) in [5, 5.41) is 19.4. The van der Waals surface area contributed by atoms with Crippen molar-refractivity contribution in [3.8, 4) is 29.0 Å². The number of aliphatic carboxylic acids is 1. The van der Waals surface area contributed by atoms with Crippen LogP contribution in [0.5, 0.6) is 10.9 Å². The van der Waals surface area contributed by atoms with Crippen molar-refractivity contribution in [3.05, 3.63) is 73.7 Å². The fourth-order valence-corrected chi connectivity index (χ4v) is 5.33. The van der Waals surface area contributed by atoms with Crippen LogP contribution in [0.3, 0.4) is 0 Å². The number of nitrogens with zero attached hydrogens (tertiary/aromatic N) is 5. The molecule has 2 aromatic heterocycles. The van der Waals surface area contributed by atoms with Crippen molar-refractivity contribution in [1.29, 1.82) is 0 Å². The molecule has 3 N–H and O–H groups in total. The van der Waals surface area contributed by atoms with Crippen molar-refractivity contribution < 1.29 is 60.5 Å². The van der Waals surface area contributed by atoms with E-state index in [1.165, 1.54) is 41.3 Å². The molecule has 0 aliphatic carbocycles. The third kappa shape index (κ3) is 19.9. The van der Waals surface area contributed by atoms with Gasteiger partial charge in [-0.1, -0.05) is 66.3 Å². The fourth-order valence-electron chi connectivity index (χ4n) is 3.86. The van der Waals surface area contributed by atoms with Gasteiger partial charge in [0.1, 0.15) is 25.8 Å². The minimum atomic E-state index is -4.61. The van der Waals surface area contributed by atoms with Crippen molar-refractivity contribution in [3.63, 3.8) is 0 Å². The first-order chi connectivity index (χ1) is 27.6. The molecule has 332 valence electrons. The van der Waals surface area contributed by atoms with Gasteiger partial charge in [-0.15, -0.1) is 16.6 Å². The van der Waals surface area contributed by atoms with E-state index in [0.717, 1.165) is 4.68 Å². The van der Waals surface area contributed by atoms with E-state index >= 15 is 0 Å². The highest BCUT2D eigenvalue weighted by molar-refractivity contribution is 7.94. The molecule has 16 nitrogen and oxygen atoms in total. The molecular formula is C35H43Cl2F4N6O10PS2. The molecule has 2 heterocycles. The van der Waals surface area contributed by atoms with Gasteiger partial charge in [0.15, 0.2) is 6.61 Å². The van der Waals surface area contributed by atoms with Crippen LogP contribution >= 0.6 is 42.1 Å². The lowest BCUT2D eigenvalue weighted by Crippen LogP contribution is -2.40. The summed E-state index contributed by atoms with van der Waals surface area (Å²) in [5.74, 6) is 0.189. The Morgan fingerprint density at radius 1 is 1.12 bits per heavy atom. The lowest BCUT2D eigenvalue weighted by atomic mass is 9.97. The number of rotatable bonds is 12. The molecule has 0 aliphatic heterocycles. The summed E-state index contributed by atoms with van der Waals surface area (Å²) < 4.78 is 76.8. The zero-order valence-electron chi connectivity index (χ0n) is 33.4. The highest BCUT2D eigenvalue weighted by Crippen LogP contribution is 2.35. The highest BCUT2D eigenvalue weighted by Gasteiger charge is 2.36. The van der Waals surface area contributed by atoms with E-state index in [0.29, 0.717) is 33.9 Å². The summed E-state index contributed by atoms with van der Waals surface area (Å²) in [6.45, 7) is 8.19. The molecule has 1 unspecified atom stereocenters. The molecule has 0 saturated heterocycles. The number of nitrogens with one attached hydrogen (secondary N) is 1. The lowest BCUT2D eigenvalue weighted by molar-refractivity contribution is -0.193. The van der Waals surface area contributed by atoms with E-state index in [-0.39, 0.29) is 39.2 Å². The molecule has 1 amide bonds. The number of benzene rings is 2. The number of amides is 1. The van der Waals surface area contributed by atoms with Gasteiger partial charge in [0.05, 0.1) is 47.3 Å². The number of carboxylic acid groups (broad SMARTS) is 1. The molecular weight excluding hydrogens is 906 g/mol. The first-order valence-electron chi connectivity index (χ1n) is 16.8. The minimum absolute atomic E-state index is 0.0434. The van der Waals surface area contributed by atoms with Gasteiger partial charge in [-0.3, -0.25) is 14.9 Å². The number of carbonyl (C=O) groups is 2. The van der Waals surface area contributed by atoms with Gasteiger partial charge in [-0.05, 0) is 55.1 Å². The molecule has 25 heteroatoms. The number of terminal acetylenes is 1. The second kappa shape index (κ2) is 24.3. The molecule has 4 aromatic rings. The molecule has 0 fully saturated rings. The molecule has 0 bridgehead atoms. The van der Waals surface area contributed by atoms with Gasteiger partial charge in [0.25, 0.3) is 11.1 Å². The predicted molar refractivity (Wildman–Crippen MR) is 220 cm³/mol. The Kier molecular flexibility index (Phi) is 21.8. The van der Waals surface area contributed by atoms with E-state index in [4.69, 9.17) is 53.5 Å². The Morgan fingerprint density at radius 2 is 1.70 bits per heavy atom. The minimum Gasteiger partial charge on any atom is -0.778 e. The van der Waals surface area contributed by atoms with Crippen LogP contribution in [-0.2, 0) is 36.6 Å². The van der Waals surface area contributed by atoms with Crippen LogP contribution < -0.4 is 30.3 Å². The highest BCUT2D eigenvalue weighted by atomic mass is 35.5. The number of halogens is 6. The normalized spacial score (nSPS) is 12.1. The molecule has 60 heavy (non-hydrogen) atoms. The van der Waals surface area contributed by atoms with Crippen LogP contribution in [0.25, 0.3) is 5.69 Å². The van der Waals surface area contributed by atoms with Gasteiger partial charge in [-0.2, -0.15) is 17.9 Å². The third-order valence-electron chi connectivity index (χ3n) is 6.18. The first-order valence-corrected chi connectivity index (χ1v) is 22.6. The molecule has 4 rings (SSSR count). The van der Waals surface area contributed by atoms with E-state index < -0.39 is 67.1 Å². The SMILES string of the molecule is C#CCOc1cc(-n2nc(C(C)(C)C)oc2=O)c(Cl)cc1Cl.CC(C)N(C(=O)COc1nnc(C(F)(F)F)s1)c1ccc(F)cc1.C[S+](C)C.O=C(O)CNCP(=O)([O-])O. The van der Waals surface area contributed by atoms with Crippen LogP contribution in [-0.4, -0.2) is 92.7 Å². The zero-order valence-corrected chi connectivity index (χ0v) is 37.4. The molecule has 0 spiro atoms. The van der Waals surface area contributed by atoms with Gasteiger partial charge >= 0.3 is 17.9 Å².